The maximum absolute atomic E-state index is 13.4. The van der Waals surface area contributed by atoms with Gasteiger partial charge in [0.15, 0.2) is 0 Å². The summed E-state index contributed by atoms with van der Waals surface area (Å²) in [5, 5.41) is 7.89. The maximum Gasteiger partial charge on any atom is 0.255 e. The third-order valence-corrected chi connectivity index (χ3v) is 5.44. The predicted octanol–water partition coefficient (Wildman–Crippen LogP) is 5.41. The minimum absolute atomic E-state index is 0.167. The first-order valence-electron chi connectivity index (χ1n) is 10.7. The molecule has 4 rings (SSSR count). The summed E-state index contributed by atoms with van der Waals surface area (Å²) in [5.41, 5.74) is 5.30. The number of ether oxygens (including phenoxy) is 1. The number of hydrogen-bond acceptors (Lipinski definition) is 3. The summed E-state index contributed by atoms with van der Waals surface area (Å²) in [5.74, 6) is 0.589. The molecule has 4 aromatic rings. The molecule has 1 N–H and O–H groups in total. The molecular weight excluding hydrogens is 398 g/mol. The van der Waals surface area contributed by atoms with Crippen LogP contribution in [0, 0.1) is 6.92 Å². The molecule has 1 unspecified atom stereocenters. The number of rotatable bonds is 7. The van der Waals surface area contributed by atoms with Gasteiger partial charge < -0.3 is 10.1 Å². The van der Waals surface area contributed by atoms with Crippen molar-refractivity contribution >= 4 is 5.91 Å². The van der Waals surface area contributed by atoms with Crippen molar-refractivity contribution in [2.24, 2.45) is 0 Å². The van der Waals surface area contributed by atoms with Crippen LogP contribution in [-0.4, -0.2) is 22.8 Å². The number of aryl methyl sites for hydroxylation is 1. The quantitative estimate of drug-likeness (QED) is 0.431. The lowest BCUT2D eigenvalue weighted by atomic mass is 10.0. The van der Waals surface area contributed by atoms with Crippen LogP contribution in [-0.2, 0) is 6.54 Å². The molecule has 0 aliphatic rings. The average molecular weight is 426 g/mol. The van der Waals surface area contributed by atoms with Gasteiger partial charge in [0.05, 0.1) is 25.3 Å². The summed E-state index contributed by atoms with van der Waals surface area (Å²) in [4.78, 5) is 13.4. The number of nitrogens with one attached hydrogen (secondary N) is 1. The molecule has 0 spiro atoms. The van der Waals surface area contributed by atoms with Crippen LogP contribution < -0.4 is 10.1 Å². The Kier molecular flexibility index (Phi) is 6.36. The number of carbonyl (C=O) groups excluding carboxylic acids is 1. The monoisotopic (exact) mass is 425 g/mol. The number of carbonyl (C=O) groups is 1. The van der Waals surface area contributed by atoms with Gasteiger partial charge in [0.25, 0.3) is 5.91 Å². The Bertz CT molecular complexity index is 1200. The predicted molar refractivity (Wildman–Crippen MR) is 127 cm³/mol. The second-order valence-corrected chi connectivity index (χ2v) is 7.88. The number of amides is 1. The van der Waals surface area contributed by atoms with Crippen LogP contribution >= 0.6 is 0 Å². The van der Waals surface area contributed by atoms with E-state index >= 15 is 0 Å². The van der Waals surface area contributed by atoms with Crippen LogP contribution in [0.15, 0.2) is 85.1 Å². The fourth-order valence-electron chi connectivity index (χ4n) is 3.79. The van der Waals surface area contributed by atoms with E-state index in [1.54, 1.807) is 7.11 Å². The van der Waals surface area contributed by atoms with Gasteiger partial charge in [-0.3, -0.25) is 9.48 Å². The topological polar surface area (TPSA) is 56.1 Å². The fourth-order valence-corrected chi connectivity index (χ4v) is 3.79. The van der Waals surface area contributed by atoms with Crippen LogP contribution in [0.4, 0.5) is 0 Å². The lowest BCUT2D eigenvalue weighted by molar-refractivity contribution is 0.0940. The molecule has 162 valence electrons. The lowest BCUT2D eigenvalue weighted by Gasteiger charge is -2.18. The molecule has 0 bridgehead atoms. The van der Waals surface area contributed by atoms with E-state index in [1.165, 1.54) is 0 Å². The van der Waals surface area contributed by atoms with Gasteiger partial charge in [0, 0.05) is 17.3 Å². The van der Waals surface area contributed by atoms with Crippen LogP contribution in [0.25, 0.3) is 11.3 Å². The molecule has 0 aliphatic heterocycles. The molecule has 1 aromatic heterocycles. The molecule has 1 amide bonds. The van der Waals surface area contributed by atoms with Gasteiger partial charge in [-0.25, -0.2) is 0 Å². The van der Waals surface area contributed by atoms with Crippen molar-refractivity contribution < 1.29 is 9.53 Å². The Balaban J connectivity index is 1.65. The molecule has 0 saturated carbocycles. The van der Waals surface area contributed by atoms with Crippen LogP contribution in [0.1, 0.15) is 40.0 Å². The Morgan fingerprint density at radius 2 is 1.72 bits per heavy atom. The molecular formula is C27H27N3O2. The van der Waals surface area contributed by atoms with Crippen molar-refractivity contribution in [2.45, 2.75) is 26.4 Å². The summed E-state index contributed by atoms with van der Waals surface area (Å²) in [7, 11) is 1.64. The molecule has 5 nitrogen and oxygen atoms in total. The Morgan fingerprint density at radius 3 is 2.41 bits per heavy atom. The van der Waals surface area contributed by atoms with Gasteiger partial charge in [0.1, 0.15) is 11.4 Å². The highest BCUT2D eigenvalue weighted by Crippen LogP contribution is 2.28. The number of hydrogen-bond donors (Lipinski definition) is 1. The smallest absolute Gasteiger partial charge is 0.255 e. The van der Waals surface area contributed by atoms with E-state index in [9.17, 15) is 4.79 Å². The van der Waals surface area contributed by atoms with Gasteiger partial charge >= 0.3 is 0 Å². The zero-order chi connectivity index (χ0) is 22.5. The summed E-state index contributed by atoms with van der Waals surface area (Å²) < 4.78 is 7.33. The molecule has 32 heavy (non-hydrogen) atoms. The minimum atomic E-state index is -0.224. The minimum Gasteiger partial charge on any atom is -0.496 e. The SMILES string of the molecule is COc1ccc(C)cc1C(C)NC(=O)c1cn(Cc2ccccc2)nc1-c1ccccc1. The van der Waals surface area contributed by atoms with Crippen LogP contribution in [0.2, 0.25) is 0 Å². The van der Waals surface area contributed by atoms with Crippen LogP contribution in [0.5, 0.6) is 5.75 Å². The summed E-state index contributed by atoms with van der Waals surface area (Å²) >= 11 is 0. The van der Waals surface area contributed by atoms with E-state index in [1.807, 2.05) is 91.5 Å². The average Bonchev–Trinajstić information content (AvgIpc) is 3.24. The van der Waals surface area contributed by atoms with Gasteiger partial charge in [-0.05, 0) is 25.5 Å². The largest absolute Gasteiger partial charge is 0.496 e. The third-order valence-electron chi connectivity index (χ3n) is 5.44. The van der Waals surface area contributed by atoms with E-state index in [2.05, 4.69) is 17.4 Å². The van der Waals surface area contributed by atoms with Gasteiger partial charge in [0.2, 0.25) is 0 Å². The van der Waals surface area contributed by atoms with E-state index in [0.717, 1.165) is 28.0 Å². The van der Waals surface area contributed by atoms with Crippen molar-refractivity contribution in [3.8, 4) is 17.0 Å². The van der Waals surface area contributed by atoms with Crippen LogP contribution in [0.3, 0.4) is 0 Å². The molecule has 5 heteroatoms. The number of aromatic nitrogens is 2. The van der Waals surface area contributed by atoms with Crippen molar-refractivity contribution in [2.75, 3.05) is 7.11 Å². The molecule has 1 heterocycles. The highest BCUT2D eigenvalue weighted by molar-refractivity contribution is 6.00. The summed E-state index contributed by atoms with van der Waals surface area (Å²) in [6.07, 6.45) is 1.82. The van der Waals surface area contributed by atoms with E-state index in [0.29, 0.717) is 17.8 Å². The second-order valence-electron chi connectivity index (χ2n) is 7.88. The second kappa shape index (κ2) is 9.52. The normalized spacial score (nSPS) is 11.7. The van der Waals surface area contributed by atoms with E-state index in [4.69, 9.17) is 9.84 Å². The molecule has 0 aliphatic carbocycles. The first-order valence-corrected chi connectivity index (χ1v) is 10.7. The van der Waals surface area contributed by atoms with Gasteiger partial charge in [-0.15, -0.1) is 0 Å². The van der Waals surface area contributed by atoms with E-state index < -0.39 is 0 Å². The highest BCUT2D eigenvalue weighted by atomic mass is 16.5. The number of nitrogens with zero attached hydrogens (tertiary/aromatic N) is 2. The zero-order valence-corrected chi connectivity index (χ0v) is 18.6. The summed E-state index contributed by atoms with van der Waals surface area (Å²) in [6, 6.07) is 25.6. The van der Waals surface area contributed by atoms with Crippen molar-refractivity contribution in [1.29, 1.82) is 0 Å². The van der Waals surface area contributed by atoms with Gasteiger partial charge in [-0.2, -0.15) is 5.10 Å². The fraction of sp³-hybridized carbons (Fsp3) is 0.185. The number of methoxy groups -OCH3 is 1. The van der Waals surface area contributed by atoms with Crippen molar-refractivity contribution in [1.82, 2.24) is 15.1 Å². The Labute approximate surface area is 188 Å². The molecule has 0 saturated heterocycles. The van der Waals surface area contributed by atoms with E-state index in [-0.39, 0.29) is 11.9 Å². The highest BCUT2D eigenvalue weighted by Gasteiger charge is 2.21. The Morgan fingerprint density at radius 1 is 1.03 bits per heavy atom. The van der Waals surface area contributed by atoms with Crippen molar-refractivity contribution in [3.63, 3.8) is 0 Å². The third kappa shape index (κ3) is 4.72. The zero-order valence-electron chi connectivity index (χ0n) is 18.6. The summed E-state index contributed by atoms with van der Waals surface area (Å²) in [6.45, 7) is 4.58. The molecule has 0 fully saturated rings. The molecule has 3 aromatic carbocycles. The lowest BCUT2D eigenvalue weighted by Crippen LogP contribution is -2.27. The van der Waals surface area contributed by atoms with Gasteiger partial charge in [-0.1, -0.05) is 78.4 Å². The standard InChI is InChI=1S/C27H27N3O2/c1-19-14-15-25(32-3)23(16-19)20(2)28-27(31)24-18-30(17-21-10-6-4-7-11-21)29-26(24)22-12-8-5-9-13-22/h4-16,18,20H,17H2,1-3H3,(H,28,31). The molecule has 0 radical (unpaired) electrons. The number of benzene rings is 3. The Hall–Kier alpha value is -3.86. The first-order chi connectivity index (χ1) is 15.5. The molecule has 1 atom stereocenters. The maximum atomic E-state index is 13.4. The van der Waals surface area contributed by atoms with Crippen molar-refractivity contribution in [3.05, 3.63) is 107 Å². The first kappa shape index (κ1) is 21.4.